The monoisotopic (exact) mass is 418 g/mol. The van der Waals surface area contributed by atoms with Crippen LogP contribution in [0.25, 0.3) is 0 Å². The highest BCUT2D eigenvalue weighted by Crippen LogP contribution is 2.23. The lowest BCUT2D eigenvalue weighted by molar-refractivity contribution is -0.144. The molecule has 0 bridgehead atoms. The van der Waals surface area contributed by atoms with Crippen LogP contribution >= 0.6 is 0 Å². The maximum absolute atomic E-state index is 12.8. The van der Waals surface area contributed by atoms with E-state index in [1.165, 1.54) is 0 Å². The number of hydrogen-bond donors (Lipinski definition) is 0. The van der Waals surface area contributed by atoms with E-state index in [1.807, 2.05) is 13.0 Å². The quantitative estimate of drug-likeness (QED) is 0.294. The number of carbonyl (C=O) groups is 2. The number of carbonyl (C=O) groups excluding carboxylic acids is 2. The lowest BCUT2D eigenvalue weighted by Gasteiger charge is -2.18. The first kappa shape index (κ1) is 26.2. The van der Waals surface area contributed by atoms with Crippen LogP contribution in [0, 0.1) is 11.8 Å². The highest BCUT2D eigenvalue weighted by molar-refractivity contribution is 6.07. The third kappa shape index (κ3) is 9.32. The van der Waals surface area contributed by atoms with Crippen molar-refractivity contribution in [1.29, 1.82) is 0 Å². The third-order valence-corrected chi connectivity index (χ3v) is 5.88. The van der Waals surface area contributed by atoms with Gasteiger partial charge in [-0.1, -0.05) is 83.9 Å². The van der Waals surface area contributed by atoms with Gasteiger partial charge in [-0.25, -0.2) is 9.59 Å². The van der Waals surface area contributed by atoms with Gasteiger partial charge in [-0.3, -0.25) is 0 Å². The molecule has 2 atom stereocenters. The Hall–Kier alpha value is -1.84. The van der Waals surface area contributed by atoms with E-state index in [9.17, 15) is 9.59 Å². The number of allylic oxidation sites excluding steroid dienone is 4. The van der Waals surface area contributed by atoms with Gasteiger partial charge in [0, 0.05) is 0 Å². The van der Waals surface area contributed by atoms with E-state index in [2.05, 4.69) is 27.7 Å². The molecule has 0 N–H and O–H groups in total. The zero-order valence-electron chi connectivity index (χ0n) is 19.8. The molecule has 0 amide bonds. The molecule has 0 aromatic heterocycles. The van der Waals surface area contributed by atoms with E-state index in [1.54, 1.807) is 12.2 Å². The molecule has 0 heterocycles. The summed E-state index contributed by atoms with van der Waals surface area (Å²) in [5.41, 5.74) is 1.73. The normalized spacial score (nSPS) is 16.0. The minimum Gasteiger partial charge on any atom is -0.462 e. The van der Waals surface area contributed by atoms with Gasteiger partial charge < -0.3 is 9.47 Å². The molecule has 170 valence electrons. The van der Waals surface area contributed by atoms with Crippen molar-refractivity contribution in [2.24, 2.45) is 11.8 Å². The highest BCUT2D eigenvalue weighted by Gasteiger charge is 2.25. The fourth-order valence-electron chi connectivity index (χ4n) is 3.47. The Morgan fingerprint density at radius 2 is 1.33 bits per heavy atom. The Kier molecular flexibility index (Phi) is 13.1. The van der Waals surface area contributed by atoms with E-state index < -0.39 is 11.9 Å². The lowest BCUT2D eigenvalue weighted by Crippen LogP contribution is -2.21. The third-order valence-electron chi connectivity index (χ3n) is 5.88. The van der Waals surface area contributed by atoms with Gasteiger partial charge in [-0.05, 0) is 44.1 Å². The van der Waals surface area contributed by atoms with Crippen LogP contribution in [0.15, 0.2) is 34.9 Å². The van der Waals surface area contributed by atoms with Crippen molar-refractivity contribution >= 4 is 11.9 Å². The molecule has 0 saturated carbocycles. The summed E-state index contributed by atoms with van der Waals surface area (Å²) in [4.78, 5) is 25.7. The number of esters is 2. The molecule has 0 aliphatic heterocycles. The highest BCUT2D eigenvalue weighted by atomic mass is 16.5. The van der Waals surface area contributed by atoms with Crippen molar-refractivity contribution in [3.05, 3.63) is 34.9 Å². The minimum atomic E-state index is -0.433. The SMILES string of the molecule is CCCCC(CC)COC(=O)C1=CC=C(C)CC=C1C(=O)OCC(CC)CCCC. The Balaban J connectivity index is 2.80. The van der Waals surface area contributed by atoms with Gasteiger partial charge >= 0.3 is 11.9 Å². The summed E-state index contributed by atoms with van der Waals surface area (Å²) in [6.45, 7) is 11.4. The Morgan fingerprint density at radius 3 is 1.80 bits per heavy atom. The summed E-state index contributed by atoms with van der Waals surface area (Å²) in [7, 11) is 0. The van der Waals surface area contributed by atoms with Crippen molar-refractivity contribution in [3.63, 3.8) is 0 Å². The van der Waals surface area contributed by atoms with Gasteiger partial charge in [-0.2, -0.15) is 0 Å². The van der Waals surface area contributed by atoms with Gasteiger partial charge in [0.1, 0.15) is 0 Å². The van der Waals surface area contributed by atoms with Crippen molar-refractivity contribution in [2.75, 3.05) is 13.2 Å². The summed E-state index contributed by atoms with van der Waals surface area (Å²) in [5.74, 6) is -0.129. The molecule has 2 unspecified atom stereocenters. The summed E-state index contributed by atoms with van der Waals surface area (Å²) in [5, 5.41) is 0. The Bertz CT molecular complexity index is 627. The van der Waals surface area contributed by atoms with Crippen LogP contribution in [0.2, 0.25) is 0 Å². The lowest BCUT2D eigenvalue weighted by atomic mass is 10.00. The van der Waals surface area contributed by atoms with Crippen molar-refractivity contribution in [3.8, 4) is 0 Å². The summed E-state index contributed by atoms with van der Waals surface area (Å²) in [6.07, 6.45) is 14.6. The summed E-state index contributed by atoms with van der Waals surface area (Å²) < 4.78 is 11.2. The Labute approximate surface area is 183 Å². The van der Waals surface area contributed by atoms with Crippen LogP contribution in [0.1, 0.15) is 92.4 Å². The van der Waals surface area contributed by atoms with Gasteiger partial charge in [0.15, 0.2) is 0 Å². The molecule has 0 spiro atoms. The maximum Gasteiger partial charge on any atom is 0.339 e. The molecule has 1 rings (SSSR count). The zero-order valence-corrected chi connectivity index (χ0v) is 19.8. The topological polar surface area (TPSA) is 52.6 Å². The zero-order chi connectivity index (χ0) is 22.4. The predicted octanol–water partition coefficient (Wildman–Crippen LogP) is 6.71. The second-order valence-electron chi connectivity index (χ2n) is 8.45. The minimum absolute atomic E-state index is 0.309. The van der Waals surface area contributed by atoms with E-state index in [-0.39, 0.29) is 0 Å². The second kappa shape index (κ2) is 15.0. The number of hydrogen-bond acceptors (Lipinski definition) is 4. The van der Waals surface area contributed by atoms with Crippen LogP contribution in [0.5, 0.6) is 0 Å². The molecular weight excluding hydrogens is 376 g/mol. The van der Waals surface area contributed by atoms with Crippen LogP contribution in [-0.4, -0.2) is 25.2 Å². The molecule has 0 saturated heterocycles. The van der Waals surface area contributed by atoms with E-state index in [0.717, 1.165) is 56.9 Å². The van der Waals surface area contributed by atoms with Gasteiger partial charge in [0.25, 0.3) is 0 Å². The van der Waals surface area contributed by atoms with Crippen molar-refractivity contribution < 1.29 is 19.1 Å². The second-order valence-corrected chi connectivity index (χ2v) is 8.45. The maximum atomic E-state index is 12.8. The first-order valence-electron chi connectivity index (χ1n) is 11.9. The molecule has 0 aromatic carbocycles. The van der Waals surface area contributed by atoms with E-state index in [0.29, 0.717) is 42.6 Å². The molecule has 1 aliphatic carbocycles. The van der Waals surface area contributed by atoms with Crippen molar-refractivity contribution in [1.82, 2.24) is 0 Å². The molecular formula is C26H42O4. The molecule has 0 fully saturated rings. The fourth-order valence-corrected chi connectivity index (χ4v) is 3.47. The largest absolute Gasteiger partial charge is 0.462 e. The molecule has 30 heavy (non-hydrogen) atoms. The van der Waals surface area contributed by atoms with Crippen LogP contribution < -0.4 is 0 Å². The average Bonchev–Trinajstić information content (AvgIpc) is 2.95. The number of rotatable bonds is 14. The first-order valence-corrected chi connectivity index (χ1v) is 11.9. The van der Waals surface area contributed by atoms with Gasteiger partial charge in [-0.15, -0.1) is 0 Å². The smallest absolute Gasteiger partial charge is 0.339 e. The fraction of sp³-hybridized carbons (Fsp3) is 0.692. The molecule has 4 heteroatoms. The van der Waals surface area contributed by atoms with Crippen LogP contribution in [0.3, 0.4) is 0 Å². The van der Waals surface area contributed by atoms with E-state index >= 15 is 0 Å². The average molecular weight is 419 g/mol. The van der Waals surface area contributed by atoms with E-state index in [4.69, 9.17) is 9.47 Å². The van der Waals surface area contributed by atoms with Crippen LogP contribution in [0.4, 0.5) is 0 Å². The molecule has 1 aliphatic rings. The summed E-state index contributed by atoms with van der Waals surface area (Å²) in [6, 6.07) is 0. The van der Waals surface area contributed by atoms with Gasteiger partial charge in [0.2, 0.25) is 0 Å². The number of ether oxygens (including phenoxy) is 2. The first-order chi connectivity index (χ1) is 14.5. The Morgan fingerprint density at radius 1 is 0.833 bits per heavy atom. The predicted molar refractivity (Wildman–Crippen MR) is 123 cm³/mol. The summed E-state index contributed by atoms with van der Waals surface area (Å²) >= 11 is 0. The standard InChI is InChI=1S/C26H42O4/c1-6-10-12-21(8-3)18-29-25(27)23-16-14-20(5)15-17-24(23)26(28)30-19-22(9-4)13-11-7-2/h14,16-17,21-22H,6-13,15,18-19H2,1-5H3. The molecule has 0 aromatic rings. The molecule has 4 nitrogen and oxygen atoms in total. The number of unbranched alkanes of at least 4 members (excludes halogenated alkanes) is 2. The molecule has 0 radical (unpaired) electrons. The van der Waals surface area contributed by atoms with Crippen molar-refractivity contribution in [2.45, 2.75) is 92.4 Å². The van der Waals surface area contributed by atoms with Gasteiger partial charge in [0.05, 0.1) is 24.4 Å². The van der Waals surface area contributed by atoms with Crippen LogP contribution in [-0.2, 0) is 19.1 Å².